The van der Waals surface area contributed by atoms with Crippen LogP contribution in [0.5, 0.6) is 11.5 Å². The molecule has 0 saturated carbocycles. The van der Waals surface area contributed by atoms with Crippen molar-refractivity contribution in [3.63, 3.8) is 0 Å². The Morgan fingerprint density at radius 1 is 1.02 bits per heavy atom. The molecule has 4 unspecified atom stereocenters. The first-order valence-corrected chi connectivity index (χ1v) is 14.4. The third-order valence-electron chi connectivity index (χ3n) is 8.15. The van der Waals surface area contributed by atoms with E-state index in [1.165, 1.54) is 11.0 Å². The molecule has 0 spiro atoms. The molecule has 0 fully saturated rings. The van der Waals surface area contributed by atoms with Gasteiger partial charge < -0.3 is 34.3 Å². The molecule has 3 N–H and O–H groups in total. The monoisotopic (exact) mass is 596 g/mol. The summed E-state index contributed by atoms with van der Waals surface area (Å²) in [4.78, 5) is 42.2. The minimum atomic E-state index is -1.25. The third-order valence-corrected chi connectivity index (χ3v) is 8.15. The van der Waals surface area contributed by atoms with Crippen LogP contribution in [0.4, 0.5) is 0 Å². The van der Waals surface area contributed by atoms with Gasteiger partial charge in [-0.05, 0) is 48.4 Å². The summed E-state index contributed by atoms with van der Waals surface area (Å²) >= 11 is 0. The number of amides is 2. The summed E-state index contributed by atoms with van der Waals surface area (Å²) in [5, 5.41) is 24.4. The van der Waals surface area contributed by atoms with Gasteiger partial charge in [-0.15, -0.1) is 0 Å². The first-order chi connectivity index (χ1) is 21.4. The number of nitrogens with zero attached hydrogens (tertiary/aromatic N) is 1. The van der Waals surface area contributed by atoms with Crippen molar-refractivity contribution in [2.24, 2.45) is 0 Å². The zero-order valence-electron chi connectivity index (χ0n) is 24.0. The van der Waals surface area contributed by atoms with Gasteiger partial charge in [0.1, 0.15) is 34.9 Å². The van der Waals surface area contributed by atoms with Crippen LogP contribution in [-0.2, 0) is 11.2 Å². The van der Waals surface area contributed by atoms with Crippen molar-refractivity contribution in [2.45, 2.75) is 30.6 Å². The van der Waals surface area contributed by atoms with Gasteiger partial charge in [0.05, 0.1) is 25.7 Å². The predicted octanol–water partition coefficient (Wildman–Crippen LogP) is 2.81. The number of rotatable bonds is 9. The maximum Gasteiger partial charge on any atom is 0.349 e. The number of hydrogen-bond donors (Lipinski definition) is 3. The van der Waals surface area contributed by atoms with Gasteiger partial charge in [0.2, 0.25) is 5.91 Å². The fourth-order valence-electron chi connectivity index (χ4n) is 6.02. The van der Waals surface area contributed by atoms with E-state index in [9.17, 15) is 24.6 Å². The number of ether oxygens (including phenoxy) is 2. The fraction of sp³-hybridized carbons (Fsp3) is 0.265. The molecule has 4 aromatic rings. The number of hydrogen-bond acceptors (Lipinski definition) is 8. The van der Waals surface area contributed by atoms with Gasteiger partial charge in [0.25, 0.3) is 5.91 Å². The van der Waals surface area contributed by atoms with Gasteiger partial charge in [-0.3, -0.25) is 9.59 Å². The van der Waals surface area contributed by atoms with Crippen LogP contribution in [0.25, 0.3) is 11.0 Å². The molecule has 0 radical (unpaired) electrons. The molecule has 10 heteroatoms. The summed E-state index contributed by atoms with van der Waals surface area (Å²) in [6.07, 6.45) is -0.183. The second-order valence-corrected chi connectivity index (χ2v) is 10.8. The number of carbonyl (C=O) groups is 2. The molecule has 2 amide bonds. The number of carbonyl (C=O) groups excluding carboxylic acids is 2. The Morgan fingerprint density at radius 2 is 1.82 bits per heavy atom. The molecule has 10 nitrogen and oxygen atoms in total. The maximum absolute atomic E-state index is 14.3. The van der Waals surface area contributed by atoms with E-state index >= 15 is 0 Å². The van der Waals surface area contributed by atoms with Crippen LogP contribution in [0.3, 0.4) is 0 Å². The quantitative estimate of drug-likeness (QED) is 0.251. The smallest absolute Gasteiger partial charge is 0.349 e. The van der Waals surface area contributed by atoms with Gasteiger partial charge in [0.15, 0.2) is 0 Å². The van der Waals surface area contributed by atoms with E-state index < -0.39 is 41.6 Å². The molecule has 2 aliphatic rings. The SMILES string of the molecule is COc1cccc(CCN(C(=O)c2cc3ccccc3oc2=O)C2C=C(C(=O)NCCO)C3c4ccccc4OC3C2O)c1. The molecule has 0 bridgehead atoms. The molecule has 226 valence electrons. The highest BCUT2D eigenvalue weighted by Gasteiger charge is 2.50. The summed E-state index contributed by atoms with van der Waals surface area (Å²) in [5.41, 5.74) is 1.25. The van der Waals surface area contributed by atoms with Crippen molar-refractivity contribution in [1.29, 1.82) is 0 Å². The van der Waals surface area contributed by atoms with Gasteiger partial charge in [-0.1, -0.05) is 48.5 Å². The number of nitrogens with one attached hydrogen (secondary N) is 1. The summed E-state index contributed by atoms with van der Waals surface area (Å²) in [5.74, 6) is -0.519. The van der Waals surface area contributed by atoms with Crippen LogP contribution in [0.2, 0.25) is 0 Å². The molecule has 4 atom stereocenters. The molecule has 3 aromatic carbocycles. The van der Waals surface area contributed by atoms with Crippen LogP contribution in [0.15, 0.2) is 99.7 Å². The van der Waals surface area contributed by atoms with E-state index in [2.05, 4.69) is 5.32 Å². The van der Waals surface area contributed by atoms with E-state index in [1.807, 2.05) is 36.4 Å². The second kappa shape index (κ2) is 12.4. The maximum atomic E-state index is 14.3. The van der Waals surface area contributed by atoms with Crippen molar-refractivity contribution < 1.29 is 33.7 Å². The molecule has 44 heavy (non-hydrogen) atoms. The first-order valence-electron chi connectivity index (χ1n) is 14.4. The Kier molecular flexibility index (Phi) is 8.19. The Morgan fingerprint density at radius 3 is 2.64 bits per heavy atom. The minimum Gasteiger partial charge on any atom is -0.497 e. The van der Waals surface area contributed by atoms with Crippen molar-refractivity contribution in [1.82, 2.24) is 10.2 Å². The lowest BCUT2D eigenvalue weighted by atomic mass is 9.77. The Labute approximate surface area is 253 Å². The highest BCUT2D eigenvalue weighted by atomic mass is 16.5. The standard InChI is InChI=1S/C34H32N2O8/c1-42-22-9-6-7-20(17-22)13-15-36(33(40)25-18-21-8-2-4-11-27(21)44-34(25)41)26-19-24(32(39)35-14-16-37)29-23-10-3-5-12-28(23)43-31(29)30(26)38/h2-12,17-19,26,29-31,37-38H,13-16H2,1H3,(H,35,39). The second-order valence-electron chi connectivity index (χ2n) is 10.8. The van der Waals surface area contributed by atoms with Gasteiger partial charge in [-0.25, -0.2) is 4.79 Å². The van der Waals surface area contributed by atoms with Gasteiger partial charge in [0, 0.05) is 29.6 Å². The summed E-state index contributed by atoms with van der Waals surface area (Å²) in [6.45, 7) is -0.137. The van der Waals surface area contributed by atoms with Crippen LogP contribution in [-0.4, -0.2) is 72.0 Å². The van der Waals surface area contributed by atoms with Crippen LogP contribution in [0.1, 0.15) is 27.4 Å². The third kappa shape index (κ3) is 5.45. The Bertz CT molecular complexity index is 1800. The van der Waals surface area contributed by atoms with Crippen LogP contribution in [0, 0.1) is 0 Å². The number of aliphatic hydroxyl groups excluding tert-OH is 2. The van der Waals surface area contributed by atoms with Crippen LogP contribution >= 0.6 is 0 Å². The first kappa shape index (κ1) is 29.2. The lowest BCUT2D eigenvalue weighted by Crippen LogP contribution is -2.56. The summed E-state index contributed by atoms with van der Waals surface area (Å²) in [7, 11) is 1.57. The molecular formula is C34H32N2O8. The highest BCUT2D eigenvalue weighted by Crippen LogP contribution is 2.47. The number of para-hydroxylation sites is 2. The number of benzene rings is 3. The normalized spacial score (nSPS) is 20.2. The average Bonchev–Trinajstić information content (AvgIpc) is 3.44. The van der Waals surface area contributed by atoms with Crippen molar-refractivity contribution in [3.05, 3.63) is 118 Å². The van der Waals surface area contributed by atoms with Crippen molar-refractivity contribution >= 4 is 22.8 Å². The van der Waals surface area contributed by atoms with E-state index in [0.717, 1.165) is 11.1 Å². The number of methoxy groups -OCH3 is 1. The number of aliphatic hydroxyl groups is 2. The fourth-order valence-corrected chi connectivity index (χ4v) is 6.02. The van der Waals surface area contributed by atoms with E-state index in [4.69, 9.17) is 13.9 Å². The average molecular weight is 597 g/mol. The van der Waals surface area contributed by atoms with E-state index in [0.29, 0.717) is 34.5 Å². The highest BCUT2D eigenvalue weighted by molar-refractivity contribution is 5.98. The van der Waals surface area contributed by atoms with Crippen molar-refractivity contribution in [3.8, 4) is 11.5 Å². The lowest BCUT2D eigenvalue weighted by molar-refractivity contribution is -0.118. The molecule has 6 rings (SSSR count). The molecule has 1 aliphatic heterocycles. The molecule has 2 heterocycles. The zero-order valence-corrected chi connectivity index (χ0v) is 24.0. The zero-order chi connectivity index (χ0) is 30.8. The van der Waals surface area contributed by atoms with E-state index in [-0.39, 0.29) is 25.3 Å². The Balaban J connectivity index is 1.44. The number of fused-ring (bicyclic) bond motifs is 4. The topological polar surface area (TPSA) is 139 Å². The Hall–Kier alpha value is -4.93. The van der Waals surface area contributed by atoms with E-state index in [1.54, 1.807) is 49.6 Å². The predicted molar refractivity (Wildman–Crippen MR) is 162 cm³/mol. The molecule has 1 aromatic heterocycles. The summed E-state index contributed by atoms with van der Waals surface area (Å²) < 4.78 is 17.0. The van der Waals surface area contributed by atoms with Gasteiger partial charge in [-0.2, -0.15) is 0 Å². The molecular weight excluding hydrogens is 564 g/mol. The largest absolute Gasteiger partial charge is 0.497 e. The minimum absolute atomic E-state index is 0.0277. The van der Waals surface area contributed by atoms with Gasteiger partial charge >= 0.3 is 5.63 Å². The molecule has 1 aliphatic carbocycles. The molecule has 0 saturated heterocycles. The summed E-state index contributed by atoms with van der Waals surface area (Å²) in [6, 6.07) is 22.0. The van der Waals surface area contributed by atoms with Crippen molar-refractivity contribution in [2.75, 3.05) is 26.8 Å². The lowest BCUT2D eigenvalue weighted by Gasteiger charge is -2.40. The van der Waals surface area contributed by atoms with Crippen LogP contribution < -0.4 is 20.4 Å².